The lowest BCUT2D eigenvalue weighted by atomic mass is 9.95. The van der Waals surface area contributed by atoms with E-state index in [1.807, 2.05) is 121 Å². The summed E-state index contributed by atoms with van der Waals surface area (Å²) < 4.78 is 2.34. The van der Waals surface area contributed by atoms with Gasteiger partial charge in [0.05, 0.1) is 51.1 Å². The first-order chi connectivity index (χ1) is 31.6. The van der Waals surface area contributed by atoms with Crippen LogP contribution in [-0.2, 0) is 0 Å². The van der Waals surface area contributed by atoms with Crippen LogP contribution in [0, 0.1) is 18.3 Å². The molecule has 0 aliphatic carbocycles. The molecule has 0 radical (unpaired) electrons. The Kier molecular flexibility index (Phi) is 9.68. The fraction of sp³-hybridized carbons (Fsp3) is 0.0172. The van der Waals surface area contributed by atoms with Crippen LogP contribution in [-0.4, -0.2) is 24.5 Å². The Bertz CT molecular complexity index is 3290. The molecule has 0 amide bonds. The highest BCUT2D eigenvalue weighted by Gasteiger charge is 2.25. The lowest BCUT2D eigenvalue weighted by molar-refractivity contribution is 1.14. The Morgan fingerprint density at radius 3 is 1.36 bits per heavy atom. The van der Waals surface area contributed by atoms with E-state index in [4.69, 9.17) is 19.9 Å². The quantitative estimate of drug-likeness (QED) is 0.153. The molecule has 3 heterocycles. The third-order valence-electron chi connectivity index (χ3n) is 11.8. The number of hydrogen-bond donors (Lipinski definition) is 0. The molecule has 8 aromatic carbocycles. The predicted octanol–water partition coefficient (Wildman–Crippen LogP) is 14.2. The summed E-state index contributed by atoms with van der Waals surface area (Å²) in [4.78, 5) is 21.1. The SMILES string of the molecule is Cc1ccccc1-c1ccc2c3ccccc3n(-c3c(-c4cc(-c5ccccc5)nc(-c5ccccc5)n4)cc(C#N)cc3-c3cc(-c4ccccc4)nc(-c4ccccc4)n3)c2c1. The van der Waals surface area contributed by atoms with Gasteiger partial charge in [-0.25, -0.2) is 19.9 Å². The van der Waals surface area contributed by atoms with Crippen molar-refractivity contribution in [2.24, 2.45) is 0 Å². The van der Waals surface area contributed by atoms with Crippen molar-refractivity contribution in [2.75, 3.05) is 0 Å². The second-order valence-electron chi connectivity index (χ2n) is 15.8. The first kappa shape index (κ1) is 38.2. The first-order valence-corrected chi connectivity index (χ1v) is 21.3. The molecule has 0 saturated carbocycles. The second kappa shape index (κ2) is 16.2. The second-order valence-corrected chi connectivity index (χ2v) is 15.8. The van der Waals surface area contributed by atoms with E-state index >= 15 is 0 Å². The number of hydrogen-bond acceptors (Lipinski definition) is 5. The maximum absolute atomic E-state index is 10.9. The Morgan fingerprint density at radius 2 is 0.828 bits per heavy atom. The molecule has 6 heteroatoms. The van der Waals surface area contributed by atoms with Gasteiger partial charge in [-0.05, 0) is 60.0 Å². The van der Waals surface area contributed by atoms with Crippen LogP contribution in [0.1, 0.15) is 11.1 Å². The van der Waals surface area contributed by atoms with Crippen molar-refractivity contribution in [3.63, 3.8) is 0 Å². The number of para-hydroxylation sites is 1. The molecule has 0 saturated heterocycles. The van der Waals surface area contributed by atoms with Crippen molar-refractivity contribution in [1.29, 1.82) is 5.26 Å². The van der Waals surface area contributed by atoms with E-state index < -0.39 is 0 Å². The number of aromatic nitrogens is 5. The minimum Gasteiger partial charge on any atom is -0.308 e. The number of aryl methyl sites for hydroxylation is 1. The molecular weight excluding hydrogens is 781 g/mol. The maximum Gasteiger partial charge on any atom is 0.160 e. The summed E-state index contributed by atoms with van der Waals surface area (Å²) in [5.74, 6) is 1.16. The summed E-state index contributed by atoms with van der Waals surface area (Å²) in [5, 5.41) is 13.1. The highest BCUT2D eigenvalue weighted by Crippen LogP contribution is 2.44. The molecule has 0 unspecified atom stereocenters. The van der Waals surface area contributed by atoms with Gasteiger partial charge in [-0.3, -0.25) is 0 Å². The van der Waals surface area contributed by atoms with E-state index in [-0.39, 0.29) is 0 Å². The van der Waals surface area contributed by atoms with E-state index in [9.17, 15) is 5.26 Å². The Hall–Kier alpha value is -8.79. The van der Waals surface area contributed by atoms with Gasteiger partial charge in [0.2, 0.25) is 0 Å². The summed E-state index contributed by atoms with van der Waals surface area (Å²) in [6.07, 6.45) is 0. The Labute approximate surface area is 371 Å². The molecule has 6 nitrogen and oxygen atoms in total. The molecule has 0 fully saturated rings. The summed E-state index contributed by atoms with van der Waals surface area (Å²) >= 11 is 0. The summed E-state index contributed by atoms with van der Waals surface area (Å²) in [5.41, 5.74) is 14.8. The summed E-state index contributed by atoms with van der Waals surface area (Å²) in [7, 11) is 0. The van der Waals surface area contributed by atoms with Crippen molar-refractivity contribution < 1.29 is 0 Å². The van der Waals surface area contributed by atoms with E-state index in [0.29, 0.717) is 28.6 Å². The smallest absolute Gasteiger partial charge is 0.160 e. The van der Waals surface area contributed by atoms with E-state index in [0.717, 1.165) is 83.4 Å². The predicted molar refractivity (Wildman–Crippen MR) is 259 cm³/mol. The molecule has 0 aliphatic heterocycles. The zero-order valence-electron chi connectivity index (χ0n) is 34.9. The fourth-order valence-electron chi connectivity index (χ4n) is 8.72. The lowest BCUT2D eigenvalue weighted by Crippen LogP contribution is -2.05. The molecule has 0 bridgehead atoms. The maximum atomic E-state index is 10.9. The highest BCUT2D eigenvalue weighted by molar-refractivity contribution is 6.11. The third kappa shape index (κ3) is 6.97. The van der Waals surface area contributed by atoms with Gasteiger partial charge in [0.1, 0.15) is 0 Å². The van der Waals surface area contributed by atoms with Gasteiger partial charge < -0.3 is 4.57 Å². The Balaban J connectivity index is 1.30. The number of benzene rings is 8. The summed E-state index contributed by atoms with van der Waals surface area (Å²) in [6, 6.07) is 74.8. The standard InChI is InChI=1S/C58H38N6/c1-38-18-14-15-27-45(38)44-30-31-47-46-28-16-17-29-54(46)64(55(47)34-44)56-48(52-35-50(40-19-6-2-7-20-40)60-57(62-52)42-23-10-4-11-24-42)32-39(37-59)33-49(56)53-36-51(41-21-8-3-9-22-41)61-58(63-53)43-25-12-5-13-26-43/h2-36H,1H3. The molecular formula is C58H38N6. The lowest BCUT2D eigenvalue weighted by Gasteiger charge is -2.20. The van der Waals surface area contributed by atoms with Gasteiger partial charge >= 0.3 is 0 Å². The molecule has 11 rings (SSSR count). The third-order valence-corrected chi connectivity index (χ3v) is 11.8. The van der Waals surface area contributed by atoms with Gasteiger partial charge in [0, 0.05) is 44.2 Å². The van der Waals surface area contributed by atoms with Crippen LogP contribution in [0.4, 0.5) is 0 Å². The van der Waals surface area contributed by atoms with Crippen LogP contribution in [0.15, 0.2) is 212 Å². The highest BCUT2D eigenvalue weighted by atomic mass is 15.0. The molecule has 0 N–H and O–H groups in total. The van der Waals surface area contributed by atoms with E-state index in [2.05, 4.69) is 109 Å². The average molecular weight is 819 g/mol. The number of fused-ring (bicyclic) bond motifs is 3. The zero-order valence-corrected chi connectivity index (χ0v) is 34.9. The zero-order chi connectivity index (χ0) is 43.0. The van der Waals surface area contributed by atoms with Gasteiger partial charge in [-0.2, -0.15) is 5.26 Å². The molecule has 11 aromatic rings. The summed E-state index contributed by atoms with van der Waals surface area (Å²) in [6.45, 7) is 2.15. The molecule has 64 heavy (non-hydrogen) atoms. The van der Waals surface area contributed by atoms with Crippen molar-refractivity contribution in [1.82, 2.24) is 24.5 Å². The fourth-order valence-corrected chi connectivity index (χ4v) is 8.72. The van der Waals surface area contributed by atoms with Crippen molar-refractivity contribution in [2.45, 2.75) is 6.92 Å². The molecule has 0 aliphatic rings. The average Bonchev–Trinajstić information content (AvgIpc) is 3.70. The van der Waals surface area contributed by atoms with Crippen LogP contribution in [0.2, 0.25) is 0 Å². The van der Waals surface area contributed by atoms with Crippen molar-refractivity contribution >= 4 is 21.8 Å². The van der Waals surface area contributed by atoms with Gasteiger partial charge in [0.15, 0.2) is 11.6 Å². The minimum atomic E-state index is 0.470. The molecule has 3 aromatic heterocycles. The van der Waals surface area contributed by atoms with E-state index in [1.165, 1.54) is 5.56 Å². The minimum absolute atomic E-state index is 0.470. The van der Waals surface area contributed by atoms with Crippen LogP contribution < -0.4 is 0 Å². The van der Waals surface area contributed by atoms with Crippen LogP contribution >= 0.6 is 0 Å². The number of nitriles is 1. The number of nitrogens with zero attached hydrogens (tertiary/aromatic N) is 6. The molecule has 0 atom stereocenters. The van der Waals surface area contributed by atoms with Gasteiger partial charge in [-0.15, -0.1) is 0 Å². The van der Waals surface area contributed by atoms with Gasteiger partial charge in [0.25, 0.3) is 0 Å². The van der Waals surface area contributed by atoms with E-state index in [1.54, 1.807) is 0 Å². The number of rotatable bonds is 8. The first-order valence-electron chi connectivity index (χ1n) is 21.3. The van der Waals surface area contributed by atoms with Crippen LogP contribution in [0.25, 0.3) is 106 Å². The van der Waals surface area contributed by atoms with Crippen molar-refractivity contribution in [3.8, 4) is 90.7 Å². The monoisotopic (exact) mass is 818 g/mol. The van der Waals surface area contributed by atoms with Crippen LogP contribution in [0.5, 0.6) is 0 Å². The normalized spacial score (nSPS) is 11.2. The topological polar surface area (TPSA) is 80.3 Å². The van der Waals surface area contributed by atoms with Gasteiger partial charge in [-0.1, -0.05) is 176 Å². The van der Waals surface area contributed by atoms with Crippen molar-refractivity contribution in [3.05, 3.63) is 223 Å². The Morgan fingerprint density at radius 1 is 0.375 bits per heavy atom. The molecule has 300 valence electrons. The largest absolute Gasteiger partial charge is 0.308 e. The molecule has 0 spiro atoms. The van der Waals surface area contributed by atoms with Crippen LogP contribution in [0.3, 0.4) is 0 Å².